The monoisotopic (exact) mass is 280 g/mol. The molecule has 1 aromatic carbocycles. The minimum absolute atomic E-state index is 0.0883. The number of carbonyl (C=O) groups excluding carboxylic acids is 1. The fraction of sp³-hybridized carbons (Fsp3) is 0.125. The summed E-state index contributed by atoms with van der Waals surface area (Å²) in [5.41, 5.74) is 3.64. The average molecular weight is 280 g/mol. The predicted octanol–water partition coefficient (Wildman–Crippen LogP) is 2.44. The van der Waals surface area contributed by atoms with Crippen LogP contribution in [0.15, 0.2) is 55.0 Å². The summed E-state index contributed by atoms with van der Waals surface area (Å²) in [7, 11) is 0. The van der Waals surface area contributed by atoms with Gasteiger partial charge < -0.3 is 9.88 Å². The number of benzene rings is 1. The molecule has 2 heterocycles. The smallest absolute Gasteiger partial charge is 0.251 e. The van der Waals surface area contributed by atoms with E-state index in [4.69, 9.17) is 0 Å². The van der Waals surface area contributed by atoms with Crippen LogP contribution in [0.1, 0.15) is 21.6 Å². The summed E-state index contributed by atoms with van der Waals surface area (Å²) in [4.78, 5) is 12.1. The van der Waals surface area contributed by atoms with E-state index in [1.165, 1.54) is 0 Å². The van der Waals surface area contributed by atoms with Crippen LogP contribution in [0.4, 0.5) is 0 Å². The molecule has 1 amide bonds. The SMILES string of the molecule is Cc1[nH]ncc1CNC(=O)c1ccc(-n2cccc2)cc1. The van der Waals surface area contributed by atoms with Crippen molar-refractivity contribution in [2.75, 3.05) is 0 Å². The molecule has 0 aliphatic rings. The minimum atomic E-state index is -0.0883. The molecule has 0 bridgehead atoms. The summed E-state index contributed by atoms with van der Waals surface area (Å²) in [6.45, 7) is 2.40. The molecule has 5 nitrogen and oxygen atoms in total. The van der Waals surface area contributed by atoms with Crippen LogP contribution in [-0.2, 0) is 6.54 Å². The van der Waals surface area contributed by atoms with Gasteiger partial charge in [0.25, 0.3) is 5.91 Å². The Labute approximate surface area is 122 Å². The fourth-order valence-corrected chi connectivity index (χ4v) is 2.12. The molecule has 0 fully saturated rings. The van der Waals surface area contributed by atoms with E-state index in [1.54, 1.807) is 6.20 Å². The van der Waals surface area contributed by atoms with E-state index in [-0.39, 0.29) is 5.91 Å². The van der Waals surface area contributed by atoms with Crippen molar-refractivity contribution in [2.45, 2.75) is 13.5 Å². The fourth-order valence-electron chi connectivity index (χ4n) is 2.12. The molecule has 2 N–H and O–H groups in total. The normalized spacial score (nSPS) is 10.5. The average Bonchev–Trinajstić information content (AvgIpc) is 3.17. The highest BCUT2D eigenvalue weighted by Crippen LogP contribution is 2.10. The van der Waals surface area contributed by atoms with E-state index in [0.717, 1.165) is 16.9 Å². The number of aryl methyl sites for hydroxylation is 1. The Morgan fingerprint density at radius 1 is 1.24 bits per heavy atom. The van der Waals surface area contributed by atoms with E-state index in [0.29, 0.717) is 12.1 Å². The van der Waals surface area contributed by atoms with E-state index in [1.807, 2.05) is 60.3 Å². The minimum Gasteiger partial charge on any atom is -0.348 e. The third-order valence-corrected chi connectivity index (χ3v) is 3.41. The number of carbonyl (C=O) groups is 1. The zero-order valence-corrected chi connectivity index (χ0v) is 11.7. The molecule has 5 heteroatoms. The third-order valence-electron chi connectivity index (χ3n) is 3.41. The molecule has 0 aliphatic heterocycles. The summed E-state index contributed by atoms with van der Waals surface area (Å²) in [5.74, 6) is -0.0883. The van der Waals surface area contributed by atoms with Crippen LogP contribution in [0.3, 0.4) is 0 Å². The van der Waals surface area contributed by atoms with Crippen LogP contribution in [0, 0.1) is 6.92 Å². The van der Waals surface area contributed by atoms with Crippen molar-refractivity contribution in [3.8, 4) is 5.69 Å². The van der Waals surface area contributed by atoms with Crippen molar-refractivity contribution in [1.82, 2.24) is 20.1 Å². The van der Waals surface area contributed by atoms with Gasteiger partial charge in [-0.3, -0.25) is 9.89 Å². The van der Waals surface area contributed by atoms with Gasteiger partial charge in [-0.05, 0) is 43.3 Å². The Hall–Kier alpha value is -2.82. The molecule has 0 saturated carbocycles. The van der Waals surface area contributed by atoms with Gasteiger partial charge >= 0.3 is 0 Å². The Balaban J connectivity index is 1.66. The summed E-state index contributed by atoms with van der Waals surface area (Å²) in [5, 5.41) is 9.68. The number of nitrogens with zero attached hydrogens (tertiary/aromatic N) is 2. The molecule has 0 spiro atoms. The van der Waals surface area contributed by atoms with E-state index in [9.17, 15) is 4.79 Å². The second-order valence-corrected chi connectivity index (χ2v) is 4.84. The van der Waals surface area contributed by atoms with Crippen LogP contribution in [0.25, 0.3) is 5.69 Å². The Bertz CT molecular complexity index is 726. The maximum Gasteiger partial charge on any atom is 0.251 e. The molecule has 0 radical (unpaired) electrons. The number of H-pyrrole nitrogens is 1. The van der Waals surface area contributed by atoms with Gasteiger partial charge in [0.2, 0.25) is 0 Å². The van der Waals surface area contributed by atoms with E-state index < -0.39 is 0 Å². The lowest BCUT2D eigenvalue weighted by atomic mass is 10.2. The van der Waals surface area contributed by atoms with Crippen molar-refractivity contribution in [2.24, 2.45) is 0 Å². The first-order valence-corrected chi connectivity index (χ1v) is 6.74. The van der Waals surface area contributed by atoms with Crippen LogP contribution in [0.2, 0.25) is 0 Å². The van der Waals surface area contributed by atoms with Crippen molar-refractivity contribution >= 4 is 5.91 Å². The quantitative estimate of drug-likeness (QED) is 0.771. The van der Waals surface area contributed by atoms with E-state index in [2.05, 4.69) is 15.5 Å². The van der Waals surface area contributed by atoms with Gasteiger partial charge in [-0.15, -0.1) is 0 Å². The number of rotatable bonds is 4. The van der Waals surface area contributed by atoms with Crippen LogP contribution in [0.5, 0.6) is 0 Å². The highest BCUT2D eigenvalue weighted by Gasteiger charge is 2.07. The molecular formula is C16H16N4O. The summed E-state index contributed by atoms with van der Waals surface area (Å²) in [6.07, 6.45) is 5.66. The third kappa shape index (κ3) is 2.86. The van der Waals surface area contributed by atoms with Crippen molar-refractivity contribution in [1.29, 1.82) is 0 Å². The molecule has 0 saturated heterocycles. The first-order chi connectivity index (χ1) is 10.2. The second-order valence-electron chi connectivity index (χ2n) is 4.84. The lowest BCUT2D eigenvalue weighted by Gasteiger charge is -2.06. The number of amides is 1. The molecule has 0 aliphatic carbocycles. The van der Waals surface area contributed by atoms with Gasteiger partial charge in [-0.2, -0.15) is 5.10 Å². The zero-order valence-electron chi connectivity index (χ0n) is 11.7. The Kier molecular flexibility index (Phi) is 3.55. The topological polar surface area (TPSA) is 62.7 Å². The Morgan fingerprint density at radius 3 is 2.57 bits per heavy atom. The van der Waals surface area contributed by atoms with Gasteiger partial charge in [-0.1, -0.05) is 0 Å². The lowest BCUT2D eigenvalue weighted by Crippen LogP contribution is -2.22. The summed E-state index contributed by atoms with van der Waals surface area (Å²) in [6, 6.07) is 11.4. The van der Waals surface area contributed by atoms with Crippen molar-refractivity contribution < 1.29 is 4.79 Å². The maximum absolute atomic E-state index is 12.1. The summed E-state index contributed by atoms with van der Waals surface area (Å²) < 4.78 is 2.00. The molecular weight excluding hydrogens is 264 g/mol. The Morgan fingerprint density at radius 2 is 1.95 bits per heavy atom. The van der Waals surface area contributed by atoms with E-state index >= 15 is 0 Å². The van der Waals surface area contributed by atoms with Gasteiger partial charge in [0.15, 0.2) is 0 Å². The lowest BCUT2D eigenvalue weighted by molar-refractivity contribution is 0.0951. The second kappa shape index (κ2) is 5.66. The number of aromatic nitrogens is 3. The molecule has 3 aromatic rings. The number of hydrogen-bond acceptors (Lipinski definition) is 2. The maximum atomic E-state index is 12.1. The van der Waals surface area contributed by atoms with Gasteiger partial charge in [0, 0.05) is 41.4 Å². The van der Waals surface area contributed by atoms with Crippen molar-refractivity contribution in [3.63, 3.8) is 0 Å². The number of aromatic amines is 1. The molecule has 0 unspecified atom stereocenters. The van der Waals surface area contributed by atoms with Crippen LogP contribution < -0.4 is 5.32 Å². The predicted molar refractivity (Wildman–Crippen MR) is 80.3 cm³/mol. The molecule has 106 valence electrons. The van der Waals surface area contributed by atoms with Gasteiger partial charge in [-0.25, -0.2) is 0 Å². The zero-order chi connectivity index (χ0) is 14.7. The standard InChI is InChI=1S/C16H16N4O/c1-12-14(11-18-19-12)10-17-16(21)13-4-6-15(7-5-13)20-8-2-3-9-20/h2-9,11H,10H2,1H3,(H,17,21)(H,18,19). The largest absolute Gasteiger partial charge is 0.348 e. The van der Waals surface area contributed by atoms with Gasteiger partial charge in [0.05, 0.1) is 6.20 Å². The highest BCUT2D eigenvalue weighted by molar-refractivity contribution is 5.94. The van der Waals surface area contributed by atoms with Gasteiger partial charge in [0.1, 0.15) is 0 Å². The molecule has 3 rings (SSSR count). The molecule has 21 heavy (non-hydrogen) atoms. The first-order valence-electron chi connectivity index (χ1n) is 6.74. The first kappa shape index (κ1) is 13.2. The van der Waals surface area contributed by atoms with Crippen molar-refractivity contribution in [3.05, 3.63) is 71.8 Å². The molecule has 0 atom stereocenters. The van der Waals surface area contributed by atoms with Crippen LogP contribution in [-0.4, -0.2) is 20.7 Å². The summed E-state index contributed by atoms with van der Waals surface area (Å²) >= 11 is 0. The molecule has 2 aromatic heterocycles. The van der Waals surface area contributed by atoms with Crippen LogP contribution >= 0.6 is 0 Å². The number of nitrogens with one attached hydrogen (secondary N) is 2. The number of hydrogen-bond donors (Lipinski definition) is 2. The highest BCUT2D eigenvalue weighted by atomic mass is 16.1.